The van der Waals surface area contributed by atoms with Crippen molar-refractivity contribution in [2.75, 3.05) is 7.11 Å². The molecule has 5 nitrogen and oxygen atoms in total. The molecule has 0 amide bonds. The molecule has 0 saturated heterocycles. The monoisotopic (exact) mass is 296 g/mol. The summed E-state index contributed by atoms with van der Waals surface area (Å²) in [6.45, 7) is 0. The number of benzene rings is 2. The van der Waals surface area contributed by atoms with Crippen molar-refractivity contribution in [1.29, 1.82) is 0 Å². The van der Waals surface area contributed by atoms with Gasteiger partial charge in [0.25, 0.3) is 0 Å². The van der Waals surface area contributed by atoms with Crippen molar-refractivity contribution in [2.24, 2.45) is 0 Å². The van der Waals surface area contributed by atoms with Gasteiger partial charge in [0.2, 0.25) is 0 Å². The maximum absolute atomic E-state index is 12.2. The first kappa shape index (κ1) is 14.4. The predicted octanol–water partition coefficient (Wildman–Crippen LogP) is 1.15. The van der Waals surface area contributed by atoms with Gasteiger partial charge in [0.15, 0.2) is 5.43 Å². The van der Waals surface area contributed by atoms with Crippen LogP contribution in [0.4, 0.5) is 0 Å². The van der Waals surface area contributed by atoms with E-state index in [4.69, 9.17) is 19.2 Å². The molecule has 1 aromatic heterocycles. The third-order valence-corrected chi connectivity index (χ3v) is 3.43. The Morgan fingerprint density at radius 2 is 1.77 bits per heavy atom. The van der Waals surface area contributed by atoms with Crippen LogP contribution in [-0.2, 0) is 0 Å². The van der Waals surface area contributed by atoms with Gasteiger partial charge in [-0.1, -0.05) is 24.3 Å². The molecule has 0 radical (unpaired) electrons. The van der Waals surface area contributed by atoms with Crippen molar-refractivity contribution in [1.82, 2.24) is 0 Å². The highest BCUT2D eigenvalue weighted by molar-refractivity contribution is 6.58. The Bertz CT molecular complexity index is 868. The first-order valence-electron chi connectivity index (χ1n) is 6.67. The van der Waals surface area contributed by atoms with Gasteiger partial charge < -0.3 is 19.2 Å². The summed E-state index contributed by atoms with van der Waals surface area (Å²) in [6.07, 6.45) is 0. The van der Waals surface area contributed by atoms with Crippen LogP contribution in [0.2, 0.25) is 0 Å². The molecule has 0 atom stereocenters. The standard InChI is InChI=1S/C16H13BO5/c1-21-12-6-7-15-13(8-12)14(18)9-16(22-15)10-2-4-11(5-3-10)17(19)20/h2-9,19-20H,1H3. The average Bonchev–Trinajstić information content (AvgIpc) is 2.54. The lowest BCUT2D eigenvalue weighted by Crippen LogP contribution is -2.29. The Balaban J connectivity index is 2.10. The molecule has 0 spiro atoms. The Morgan fingerprint density at radius 1 is 1.05 bits per heavy atom. The van der Waals surface area contributed by atoms with Gasteiger partial charge in [-0.25, -0.2) is 0 Å². The van der Waals surface area contributed by atoms with Gasteiger partial charge in [-0.2, -0.15) is 0 Å². The van der Waals surface area contributed by atoms with Crippen molar-refractivity contribution in [3.63, 3.8) is 0 Å². The Kier molecular flexibility index (Phi) is 3.71. The maximum atomic E-state index is 12.2. The fraction of sp³-hybridized carbons (Fsp3) is 0.0625. The van der Waals surface area contributed by atoms with E-state index in [1.165, 1.54) is 13.2 Å². The number of ether oxygens (including phenoxy) is 1. The van der Waals surface area contributed by atoms with E-state index in [0.29, 0.717) is 33.5 Å². The molecule has 0 saturated carbocycles. The molecule has 3 rings (SSSR count). The number of methoxy groups -OCH3 is 1. The molecule has 22 heavy (non-hydrogen) atoms. The van der Waals surface area contributed by atoms with Crippen LogP contribution in [0.5, 0.6) is 5.75 Å². The molecule has 0 aliphatic rings. The Labute approximate surface area is 126 Å². The smallest absolute Gasteiger partial charge is 0.488 e. The van der Waals surface area contributed by atoms with E-state index in [2.05, 4.69) is 0 Å². The Morgan fingerprint density at radius 3 is 2.41 bits per heavy atom. The van der Waals surface area contributed by atoms with Crippen molar-refractivity contribution < 1.29 is 19.2 Å². The van der Waals surface area contributed by atoms with E-state index >= 15 is 0 Å². The largest absolute Gasteiger partial charge is 0.497 e. The van der Waals surface area contributed by atoms with Gasteiger partial charge in [-0.3, -0.25) is 4.79 Å². The number of hydrogen-bond acceptors (Lipinski definition) is 5. The maximum Gasteiger partial charge on any atom is 0.488 e. The van der Waals surface area contributed by atoms with E-state index in [9.17, 15) is 4.79 Å². The summed E-state index contributed by atoms with van der Waals surface area (Å²) in [5.74, 6) is 1.01. The zero-order valence-corrected chi connectivity index (χ0v) is 11.8. The molecule has 3 aromatic rings. The summed E-state index contributed by atoms with van der Waals surface area (Å²) < 4.78 is 10.8. The van der Waals surface area contributed by atoms with Crippen molar-refractivity contribution in [3.8, 4) is 17.1 Å². The molecule has 2 N–H and O–H groups in total. The van der Waals surface area contributed by atoms with Crippen LogP contribution in [-0.4, -0.2) is 24.3 Å². The van der Waals surface area contributed by atoms with Crippen LogP contribution < -0.4 is 15.6 Å². The zero-order valence-electron chi connectivity index (χ0n) is 11.8. The fourth-order valence-corrected chi connectivity index (χ4v) is 2.22. The quantitative estimate of drug-likeness (QED) is 0.709. The topological polar surface area (TPSA) is 79.9 Å². The molecule has 0 fully saturated rings. The minimum Gasteiger partial charge on any atom is -0.497 e. The molecular weight excluding hydrogens is 283 g/mol. The Hall–Kier alpha value is -2.57. The van der Waals surface area contributed by atoms with Crippen LogP contribution in [0.15, 0.2) is 57.7 Å². The summed E-state index contributed by atoms with van der Waals surface area (Å²) in [7, 11) is 0.0130. The highest BCUT2D eigenvalue weighted by Crippen LogP contribution is 2.24. The van der Waals surface area contributed by atoms with E-state index in [1.54, 1.807) is 42.5 Å². The second kappa shape index (κ2) is 5.67. The lowest BCUT2D eigenvalue weighted by molar-refractivity contribution is 0.415. The first-order chi connectivity index (χ1) is 10.6. The highest BCUT2D eigenvalue weighted by Gasteiger charge is 2.12. The lowest BCUT2D eigenvalue weighted by Gasteiger charge is -2.06. The zero-order chi connectivity index (χ0) is 15.7. The number of rotatable bonds is 3. The number of hydrogen-bond donors (Lipinski definition) is 2. The van der Waals surface area contributed by atoms with Crippen LogP contribution >= 0.6 is 0 Å². The van der Waals surface area contributed by atoms with Gasteiger partial charge in [-0.05, 0) is 23.7 Å². The van der Waals surface area contributed by atoms with Crippen LogP contribution in [0.25, 0.3) is 22.3 Å². The SMILES string of the molecule is COc1ccc2oc(-c3ccc(B(O)O)cc3)cc(=O)c2c1. The second-order valence-electron chi connectivity index (χ2n) is 4.83. The molecule has 110 valence electrons. The molecule has 6 heteroatoms. The fourth-order valence-electron chi connectivity index (χ4n) is 2.22. The summed E-state index contributed by atoms with van der Waals surface area (Å²) in [5, 5.41) is 18.6. The average molecular weight is 296 g/mol. The lowest BCUT2D eigenvalue weighted by atomic mass is 9.80. The van der Waals surface area contributed by atoms with Crippen LogP contribution in [0.1, 0.15) is 0 Å². The molecular formula is C16H13BO5. The van der Waals surface area contributed by atoms with Gasteiger partial charge >= 0.3 is 7.12 Å². The third kappa shape index (κ3) is 2.62. The van der Waals surface area contributed by atoms with E-state index in [0.717, 1.165) is 0 Å². The summed E-state index contributed by atoms with van der Waals surface area (Å²) in [5.41, 5.74) is 1.35. The van der Waals surface area contributed by atoms with Crippen molar-refractivity contribution in [2.45, 2.75) is 0 Å². The molecule has 0 aliphatic heterocycles. The molecule has 1 heterocycles. The summed E-state index contributed by atoms with van der Waals surface area (Å²) in [4.78, 5) is 12.2. The van der Waals surface area contributed by atoms with Crippen LogP contribution in [0.3, 0.4) is 0 Å². The van der Waals surface area contributed by atoms with E-state index in [-0.39, 0.29) is 5.43 Å². The highest BCUT2D eigenvalue weighted by atomic mass is 16.5. The van der Waals surface area contributed by atoms with Gasteiger partial charge in [0.05, 0.1) is 12.5 Å². The normalized spacial score (nSPS) is 10.7. The molecule has 0 bridgehead atoms. The molecule has 0 aliphatic carbocycles. The second-order valence-corrected chi connectivity index (χ2v) is 4.83. The number of fused-ring (bicyclic) bond motifs is 1. The molecule has 0 unspecified atom stereocenters. The summed E-state index contributed by atoms with van der Waals surface area (Å²) in [6, 6.07) is 12.9. The van der Waals surface area contributed by atoms with Gasteiger partial charge in [-0.15, -0.1) is 0 Å². The predicted molar refractivity (Wildman–Crippen MR) is 84.3 cm³/mol. The first-order valence-corrected chi connectivity index (χ1v) is 6.67. The minimum atomic E-state index is -1.52. The van der Waals surface area contributed by atoms with Crippen molar-refractivity contribution in [3.05, 3.63) is 58.8 Å². The van der Waals surface area contributed by atoms with Gasteiger partial charge in [0, 0.05) is 11.6 Å². The van der Waals surface area contributed by atoms with Crippen molar-refractivity contribution >= 4 is 23.6 Å². The summed E-state index contributed by atoms with van der Waals surface area (Å²) >= 11 is 0. The minimum absolute atomic E-state index is 0.165. The van der Waals surface area contributed by atoms with E-state index in [1.807, 2.05) is 0 Å². The molecule has 2 aromatic carbocycles. The van der Waals surface area contributed by atoms with Gasteiger partial charge in [0.1, 0.15) is 17.1 Å². The van der Waals surface area contributed by atoms with E-state index < -0.39 is 7.12 Å². The third-order valence-electron chi connectivity index (χ3n) is 3.43. The van der Waals surface area contributed by atoms with Crippen LogP contribution in [0, 0.1) is 0 Å².